The van der Waals surface area contributed by atoms with Gasteiger partial charge in [-0.05, 0) is 41.8 Å². The second-order valence-electron chi connectivity index (χ2n) is 9.35. The lowest BCUT2D eigenvalue weighted by molar-refractivity contribution is -0.143. The predicted octanol–water partition coefficient (Wildman–Crippen LogP) is 7.20. The average Bonchev–Trinajstić information content (AvgIpc) is 2.93. The molecule has 0 spiro atoms. The van der Waals surface area contributed by atoms with E-state index in [2.05, 4.69) is 23.5 Å². The largest absolute Gasteiger partial charge is 0.489 e. The van der Waals surface area contributed by atoms with Crippen molar-refractivity contribution in [3.05, 3.63) is 111 Å². The van der Waals surface area contributed by atoms with Crippen LogP contribution in [0.25, 0.3) is 0 Å². The fraction of sp³-hybridized carbons (Fsp3) is 0.300. The molecule has 0 saturated carbocycles. The van der Waals surface area contributed by atoms with E-state index in [-0.39, 0.29) is 17.9 Å². The van der Waals surface area contributed by atoms with Crippen molar-refractivity contribution in [3.63, 3.8) is 0 Å². The number of methoxy groups -OCH3 is 1. The molecule has 0 bridgehead atoms. The summed E-state index contributed by atoms with van der Waals surface area (Å²) in [6, 6.07) is 13.1. The van der Waals surface area contributed by atoms with Crippen molar-refractivity contribution in [2.75, 3.05) is 7.11 Å². The van der Waals surface area contributed by atoms with Crippen LogP contribution in [0, 0.1) is 0 Å². The van der Waals surface area contributed by atoms with Gasteiger partial charge in [0, 0.05) is 24.0 Å². The van der Waals surface area contributed by atoms with Crippen LogP contribution in [0.1, 0.15) is 43.7 Å². The van der Waals surface area contributed by atoms with Crippen molar-refractivity contribution in [1.29, 1.82) is 0 Å². The van der Waals surface area contributed by atoms with E-state index in [4.69, 9.17) is 42.1 Å². The molecule has 0 saturated heterocycles. The number of hydrogen-bond donors (Lipinski definition) is 1. The SMILES string of the molecule is COC(=O)[C@H](CC1=COC=C(C2=CC=CCC2c2ccc(OCc3ccc(Cl)c(Cl)c3)cc2)O1)NC(C)C. The Morgan fingerprint density at radius 2 is 1.89 bits per heavy atom. The van der Waals surface area contributed by atoms with Crippen LogP contribution >= 0.6 is 23.2 Å². The molecule has 4 rings (SSSR count). The number of nitrogens with one attached hydrogen (secondary N) is 1. The van der Waals surface area contributed by atoms with Gasteiger partial charge in [-0.3, -0.25) is 4.79 Å². The molecule has 1 unspecified atom stereocenters. The number of carbonyl (C=O) groups is 1. The van der Waals surface area contributed by atoms with Crippen molar-refractivity contribution in [1.82, 2.24) is 5.32 Å². The highest BCUT2D eigenvalue weighted by atomic mass is 35.5. The first-order chi connectivity index (χ1) is 18.3. The normalized spacial score (nSPS) is 17.5. The van der Waals surface area contributed by atoms with Crippen molar-refractivity contribution in [2.45, 2.75) is 51.3 Å². The number of carbonyl (C=O) groups excluding carboxylic acids is 1. The van der Waals surface area contributed by atoms with Gasteiger partial charge >= 0.3 is 5.97 Å². The Hall–Kier alpha value is -3.19. The molecule has 1 aliphatic carbocycles. The Bertz CT molecular complexity index is 1260. The smallest absolute Gasteiger partial charge is 0.323 e. The zero-order valence-corrected chi connectivity index (χ0v) is 23.1. The Morgan fingerprint density at radius 3 is 2.61 bits per heavy atom. The van der Waals surface area contributed by atoms with Crippen LogP contribution in [0.3, 0.4) is 0 Å². The van der Waals surface area contributed by atoms with Crippen LogP contribution in [0.15, 0.2) is 90.3 Å². The maximum Gasteiger partial charge on any atom is 0.323 e. The summed E-state index contributed by atoms with van der Waals surface area (Å²) in [5, 5.41) is 4.24. The number of benzene rings is 2. The zero-order chi connectivity index (χ0) is 27.1. The molecule has 0 radical (unpaired) electrons. The van der Waals surface area contributed by atoms with Gasteiger partial charge in [0.1, 0.15) is 36.7 Å². The third kappa shape index (κ3) is 7.22. The lowest BCUT2D eigenvalue weighted by Crippen LogP contribution is -2.42. The minimum absolute atomic E-state index is 0.0727. The van der Waals surface area contributed by atoms with Crippen molar-refractivity contribution < 1.29 is 23.7 Å². The second kappa shape index (κ2) is 13.1. The van der Waals surface area contributed by atoms with E-state index < -0.39 is 6.04 Å². The van der Waals surface area contributed by atoms with Crippen LogP contribution in [-0.2, 0) is 25.6 Å². The molecular weight excluding hydrogens is 525 g/mol. The van der Waals surface area contributed by atoms with E-state index >= 15 is 0 Å². The highest BCUT2D eigenvalue weighted by Gasteiger charge is 2.28. The number of hydrogen-bond acceptors (Lipinski definition) is 6. The van der Waals surface area contributed by atoms with Gasteiger partial charge in [0.25, 0.3) is 0 Å². The van der Waals surface area contributed by atoms with Crippen LogP contribution in [0.5, 0.6) is 5.75 Å². The molecule has 2 aromatic carbocycles. The van der Waals surface area contributed by atoms with E-state index in [1.54, 1.807) is 18.4 Å². The van der Waals surface area contributed by atoms with Gasteiger partial charge in [-0.2, -0.15) is 0 Å². The van der Waals surface area contributed by atoms with Crippen LogP contribution in [-0.4, -0.2) is 25.2 Å². The summed E-state index contributed by atoms with van der Waals surface area (Å²) in [5.74, 6) is 1.64. The van der Waals surface area contributed by atoms with Crippen molar-refractivity contribution >= 4 is 29.2 Å². The van der Waals surface area contributed by atoms with Gasteiger partial charge in [0.2, 0.25) is 0 Å². The molecule has 1 aliphatic heterocycles. The quantitative estimate of drug-likeness (QED) is 0.312. The van der Waals surface area contributed by atoms with Gasteiger partial charge in [0.05, 0.1) is 17.2 Å². The standard InChI is InChI=1S/C30H31Cl2NO5/c1-19(2)33-28(30(34)35-3)15-23-17-36-18-29(38-23)25-7-5-4-6-24(25)21-9-11-22(12-10-21)37-16-20-8-13-26(31)27(32)14-20/h4-5,7-14,17-19,24,28,33H,6,15-16H2,1-3H3/t24?,28-/m0/s1. The van der Waals surface area contributed by atoms with E-state index in [0.29, 0.717) is 34.6 Å². The minimum Gasteiger partial charge on any atom is -0.489 e. The first-order valence-electron chi connectivity index (χ1n) is 12.4. The van der Waals surface area contributed by atoms with E-state index in [1.165, 1.54) is 13.4 Å². The number of rotatable bonds is 10. The van der Waals surface area contributed by atoms with E-state index in [9.17, 15) is 4.79 Å². The molecule has 38 heavy (non-hydrogen) atoms. The van der Waals surface area contributed by atoms with Gasteiger partial charge in [-0.25, -0.2) is 0 Å². The maximum atomic E-state index is 12.3. The molecule has 200 valence electrons. The molecule has 0 aromatic heterocycles. The number of halogens is 2. The summed E-state index contributed by atoms with van der Waals surface area (Å²) in [7, 11) is 1.38. The number of allylic oxidation sites excluding steroid dienone is 4. The zero-order valence-electron chi connectivity index (χ0n) is 21.6. The molecule has 2 aromatic rings. The van der Waals surface area contributed by atoms with Crippen molar-refractivity contribution in [3.8, 4) is 5.75 Å². The van der Waals surface area contributed by atoms with Gasteiger partial charge in [0.15, 0.2) is 5.76 Å². The number of esters is 1. The lowest BCUT2D eigenvalue weighted by atomic mass is 9.84. The summed E-state index contributed by atoms with van der Waals surface area (Å²) in [6.07, 6.45) is 10.4. The Labute approximate surface area is 233 Å². The summed E-state index contributed by atoms with van der Waals surface area (Å²) >= 11 is 12.1. The third-order valence-corrected chi connectivity index (χ3v) is 6.90. The summed E-state index contributed by atoms with van der Waals surface area (Å²) in [6.45, 7) is 4.33. The van der Waals surface area contributed by atoms with E-state index in [1.807, 2.05) is 44.2 Å². The highest BCUT2D eigenvalue weighted by Crippen LogP contribution is 2.38. The Balaban J connectivity index is 1.42. The monoisotopic (exact) mass is 555 g/mol. The second-order valence-corrected chi connectivity index (χ2v) is 10.2. The molecule has 0 fully saturated rings. The van der Waals surface area contributed by atoms with Gasteiger partial charge in [-0.1, -0.05) is 73.5 Å². The molecule has 6 nitrogen and oxygen atoms in total. The average molecular weight is 556 g/mol. The molecule has 2 atom stereocenters. The first kappa shape index (κ1) is 27.8. The molecule has 1 N–H and O–H groups in total. The van der Waals surface area contributed by atoms with Gasteiger partial charge in [-0.15, -0.1) is 0 Å². The van der Waals surface area contributed by atoms with Gasteiger partial charge < -0.3 is 24.3 Å². The molecule has 1 heterocycles. The lowest BCUT2D eigenvalue weighted by Gasteiger charge is -2.27. The van der Waals surface area contributed by atoms with Crippen LogP contribution in [0.4, 0.5) is 0 Å². The summed E-state index contributed by atoms with van der Waals surface area (Å²) < 4.78 is 22.7. The van der Waals surface area contributed by atoms with Crippen molar-refractivity contribution in [2.24, 2.45) is 0 Å². The summed E-state index contributed by atoms with van der Waals surface area (Å²) in [5.41, 5.74) is 3.06. The molecule has 2 aliphatic rings. The third-order valence-electron chi connectivity index (χ3n) is 6.16. The molecule has 0 amide bonds. The minimum atomic E-state index is -0.540. The van der Waals surface area contributed by atoms with E-state index in [0.717, 1.165) is 28.9 Å². The fourth-order valence-electron chi connectivity index (χ4n) is 4.33. The van der Waals surface area contributed by atoms with Crippen LogP contribution in [0.2, 0.25) is 10.0 Å². The fourth-order valence-corrected chi connectivity index (χ4v) is 4.65. The maximum absolute atomic E-state index is 12.3. The topological polar surface area (TPSA) is 66.0 Å². The molecule has 8 heteroatoms. The summed E-state index contributed by atoms with van der Waals surface area (Å²) in [4.78, 5) is 12.3. The predicted molar refractivity (Wildman–Crippen MR) is 149 cm³/mol. The first-order valence-corrected chi connectivity index (χ1v) is 13.2. The highest BCUT2D eigenvalue weighted by molar-refractivity contribution is 6.42. The molecular formula is C30H31Cl2NO5. The number of ether oxygens (including phenoxy) is 4. The Morgan fingerprint density at radius 1 is 1.11 bits per heavy atom. The Kier molecular flexibility index (Phi) is 9.56. The van der Waals surface area contributed by atoms with Crippen LogP contribution < -0.4 is 10.1 Å².